The van der Waals surface area contributed by atoms with Crippen molar-refractivity contribution in [2.24, 2.45) is 0 Å². The van der Waals surface area contributed by atoms with Gasteiger partial charge in [0, 0.05) is 23.1 Å². The second-order valence-electron chi connectivity index (χ2n) is 6.33. The number of hydrogen-bond acceptors (Lipinski definition) is 2. The standard InChI is InChI=1S/C20H24N2O2S/c1-16-18(19-11-5-6-12-20(19)22-16)13-14-21-25(23,24)15-7-10-17-8-3-2-4-9-17/h2-6,8-9,11-12,21-22H,7,10,13-15H2,1H3. The molecule has 0 aliphatic heterocycles. The van der Waals surface area contributed by atoms with E-state index < -0.39 is 10.0 Å². The largest absolute Gasteiger partial charge is 0.358 e. The van der Waals surface area contributed by atoms with E-state index in [4.69, 9.17) is 0 Å². The molecule has 2 aromatic carbocycles. The molecule has 0 saturated carbocycles. The maximum absolute atomic E-state index is 12.2. The highest BCUT2D eigenvalue weighted by atomic mass is 32.2. The van der Waals surface area contributed by atoms with E-state index in [1.54, 1.807) is 0 Å². The summed E-state index contributed by atoms with van der Waals surface area (Å²) < 4.78 is 27.1. The normalized spacial score (nSPS) is 11.9. The van der Waals surface area contributed by atoms with Gasteiger partial charge in [-0.1, -0.05) is 48.5 Å². The number of hydrogen-bond donors (Lipinski definition) is 2. The molecule has 0 fully saturated rings. The predicted octanol–water partition coefficient (Wildman–Crippen LogP) is 3.57. The summed E-state index contributed by atoms with van der Waals surface area (Å²) >= 11 is 0. The number of H-pyrrole nitrogens is 1. The van der Waals surface area contributed by atoms with Gasteiger partial charge in [-0.15, -0.1) is 0 Å². The van der Waals surface area contributed by atoms with Gasteiger partial charge in [-0.3, -0.25) is 0 Å². The van der Waals surface area contributed by atoms with Gasteiger partial charge in [0.25, 0.3) is 0 Å². The first-order chi connectivity index (χ1) is 12.1. The summed E-state index contributed by atoms with van der Waals surface area (Å²) in [5.74, 6) is 0.161. The molecule has 1 heterocycles. The van der Waals surface area contributed by atoms with Crippen LogP contribution in [-0.2, 0) is 22.9 Å². The van der Waals surface area contributed by atoms with Gasteiger partial charge >= 0.3 is 0 Å². The molecule has 0 unspecified atom stereocenters. The molecular formula is C20H24N2O2S. The van der Waals surface area contributed by atoms with E-state index in [0.717, 1.165) is 17.6 Å². The highest BCUT2D eigenvalue weighted by molar-refractivity contribution is 7.89. The van der Waals surface area contributed by atoms with Gasteiger partial charge in [0.2, 0.25) is 10.0 Å². The number of para-hydroxylation sites is 1. The Balaban J connectivity index is 1.51. The number of aromatic amines is 1. The summed E-state index contributed by atoms with van der Waals surface area (Å²) in [6.07, 6.45) is 2.10. The first kappa shape index (κ1) is 17.7. The van der Waals surface area contributed by atoms with Crippen molar-refractivity contribution in [1.29, 1.82) is 0 Å². The second kappa shape index (κ2) is 7.85. The molecule has 4 nitrogen and oxygen atoms in total. The molecule has 5 heteroatoms. The zero-order valence-corrected chi connectivity index (χ0v) is 15.3. The zero-order valence-electron chi connectivity index (χ0n) is 14.5. The monoisotopic (exact) mass is 356 g/mol. The van der Waals surface area contributed by atoms with Gasteiger partial charge in [0.1, 0.15) is 0 Å². The van der Waals surface area contributed by atoms with Crippen LogP contribution in [0.2, 0.25) is 0 Å². The van der Waals surface area contributed by atoms with Crippen molar-refractivity contribution in [3.05, 3.63) is 71.4 Å². The second-order valence-corrected chi connectivity index (χ2v) is 8.25. The van der Waals surface area contributed by atoms with Crippen molar-refractivity contribution < 1.29 is 8.42 Å². The first-order valence-corrected chi connectivity index (χ1v) is 10.3. The average Bonchev–Trinajstić information content (AvgIpc) is 2.91. The molecule has 0 spiro atoms. The van der Waals surface area contributed by atoms with E-state index in [-0.39, 0.29) is 5.75 Å². The molecule has 0 amide bonds. The number of nitrogens with one attached hydrogen (secondary N) is 2. The number of rotatable bonds is 8. The van der Waals surface area contributed by atoms with Crippen molar-refractivity contribution >= 4 is 20.9 Å². The van der Waals surface area contributed by atoms with Crippen LogP contribution < -0.4 is 4.72 Å². The molecular weight excluding hydrogens is 332 g/mol. The van der Waals surface area contributed by atoms with Crippen LogP contribution in [0.5, 0.6) is 0 Å². The topological polar surface area (TPSA) is 62.0 Å². The number of aryl methyl sites for hydroxylation is 2. The van der Waals surface area contributed by atoms with Crippen LogP contribution in [0.25, 0.3) is 10.9 Å². The Morgan fingerprint density at radius 1 is 0.960 bits per heavy atom. The fourth-order valence-electron chi connectivity index (χ4n) is 3.17. The molecule has 3 aromatic rings. The number of fused-ring (bicyclic) bond motifs is 1. The summed E-state index contributed by atoms with van der Waals surface area (Å²) in [7, 11) is -3.23. The fraction of sp³-hybridized carbons (Fsp3) is 0.300. The van der Waals surface area contributed by atoms with E-state index in [9.17, 15) is 8.42 Å². The molecule has 0 saturated heterocycles. The van der Waals surface area contributed by atoms with E-state index >= 15 is 0 Å². The lowest BCUT2D eigenvalue weighted by molar-refractivity contribution is 0.579. The highest BCUT2D eigenvalue weighted by Crippen LogP contribution is 2.21. The van der Waals surface area contributed by atoms with Gasteiger partial charge in [0.15, 0.2) is 0 Å². The Kier molecular flexibility index (Phi) is 5.56. The Morgan fingerprint density at radius 2 is 1.68 bits per heavy atom. The molecule has 1 aromatic heterocycles. The lowest BCUT2D eigenvalue weighted by atomic mass is 10.1. The Labute approximate surface area is 149 Å². The molecule has 0 radical (unpaired) electrons. The fourth-order valence-corrected chi connectivity index (χ4v) is 4.25. The lowest BCUT2D eigenvalue weighted by Gasteiger charge is -2.07. The maximum atomic E-state index is 12.2. The smallest absolute Gasteiger partial charge is 0.211 e. The van der Waals surface area contributed by atoms with Crippen LogP contribution in [0, 0.1) is 6.92 Å². The van der Waals surface area contributed by atoms with Crippen molar-refractivity contribution in [3.63, 3.8) is 0 Å². The summed E-state index contributed by atoms with van der Waals surface area (Å²) in [6, 6.07) is 18.1. The van der Waals surface area contributed by atoms with Crippen LogP contribution in [0.1, 0.15) is 23.2 Å². The molecule has 0 atom stereocenters. The third kappa shape index (κ3) is 4.71. The molecule has 0 aliphatic rings. The van der Waals surface area contributed by atoms with E-state index in [2.05, 4.69) is 15.8 Å². The quantitative estimate of drug-likeness (QED) is 0.648. The van der Waals surface area contributed by atoms with Gasteiger partial charge in [-0.2, -0.15) is 0 Å². The van der Waals surface area contributed by atoms with E-state index in [1.807, 2.05) is 55.5 Å². The molecule has 3 rings (SSSR count). The zero-order chi connectivity index (χ0) is 17.7. The summed E-state index contributed by atoms with van der Waals surface area (Å²) in [4.78, 5) is 3.35. The molecule has 132 valence electrons. The summed E-state index contributed by atoms with van der Waals surface area (Å²) in [5.41, 5.74) is 4.56. The summed E-state index contributed by atoms with van der Waals surface area (Å²) in [5, 5.41) is 1.17. The Bertz CT molecular complexity index is 931. The van der Waals surface area contributed by atoms with Crippen molar-refractivity contribution in [3.8, 4) is 0 Å². The third-order valence-corrected chi connectivity index (χ3v) is 5.92. The van der Waals surface area contributed by atoms with Gasteiger partial charge in [0.05, 0.1) is 5.75 Å². The van der Waals surface area contributed by atoms with Crippen LogP contribution in [0.15, 0.2) is 54.6 Å². The number of benzene rings is 2. The minimum Gasteiger partial charge on any atom is -0.358 e. The van der Waals surface area contributed by atoms with Crippen LogP contribution in [0.3, 0.4) is 0 Å². The van der Waals surface area contributed by atoms with E-state index in [0.29, 0.717) is 19.4 Å². The highest BCUT2D eigenvalue weighted by Gasteiger charge is 2.12. The van der Waals surface area contributed by atoms with Crippen LogP contribution in [-0.4, -0.2) is 25.7 Å². The van der Waals surface area contributed by atoms with Gasteiger partial charge in [-0.25, -0.2) is 13.1 Å². The summed E-state index contributed by atoms with van der Waals surface area (Å²) in [6.45, 7) is 2.46. The van der Waals surface area contributed by atoms with E-state index in [1.165, 1.54) is 16.5 Å². The van der Waals surface area contributed by atoms with Crippen molar-refractivity contribution in [2.45, 2.75) is 26.2 Å². The molecule has 2 N–H and O–H groups in total. The number of aromatic nitrogens is 1. The minimum absolute atomic E-state index is 0.161. The van der Waals surface area contributed by atoms with Gasteiger partial charge < -0.3 is 4.98 Å². The Hall–Kier alpha value is -2.11. The Morgan fingerprint density at radius 3 is 2.48 bits per heavy atom. The van der Waals surface area contributed by atoms with Crippen LogP contribution in [0.4, 0.5) is 0 Å². The number of sulfonamides is 1. The SMILES string of the molecule is Cc1[nH]c2ccccc2c1CCNS(=O)(=O)CCCc1ccccc1. The average molecular weight is 356 g/mol. The molecule has 0 aliphatic carbocycles. The first-order valence-electron chi connectivity index (χ1n) is 8.62. The van der Waals surface area contributed by atoms with Crippen molar-refractivity contribution in [2.75, 3.05) is 12.3 Å². The minimum atomic E-state index is -3.23. The van der Waals surface area contributed by atoms with Crippen molar-refractivity contribution in [1.82, 2.24) is 9.71 Å². The molecule has 25 heavy (non-hydrogen) atoms. The van der Waals surface area contributed by atoms with Crippen LogP contribution >= 0.6 is 0 Å². The maximum Gasteiger partial charge on any atom is 0.211 e. The lowest BCUT2D eigenvalue weighted by Crippen LogP contribution is -2.28. The predicted molar refractivity (Wildman–Crippen MR) is 103 cm³/mol. The molecule has 0 bridgehead atoms. The third-order valence-electron chi connectivity index (χ3n) is 4.45. The van der Waals surface area contributed by atoms with Gasteiger partial charge in [-0.05, 0) is 43.4 Å².